The normalized spacial score (nSPS) is 19.0. The zero-order valence-electron chi connectivity index (χ0n) is 15.8. The molecular formula is C23H17NO5. The van der Waals surface area contributed by atoms with E-state index in [9.17, 15) is 10.1 Å². The summed E-state index contributed by atoms with van der Waals surface area (Å²) < 4.78 is 18.0. The Morgan fingerprint density at radius 2 is 1.93 bits per heavy atom. The van der Waals surface area contributed by atoms with E-state index in [-0.39, 0.29) is 5.69 Å². The van der Waals surface area contributed by atoms with Gasteiger partial charge in [0.2, 0.25) is 0 Å². The molecule has 0 radical (unpaired) electrons. The third kappa shape index (κ3) is 2.56. The van der Waals surface area contributed by atoms with Gasteiger partial charge in [-0.3, -0.25) is 10.1 Å². The summed E-state index contributed by atoms with van der Waals surface area (Å²) in [6.07, 6.45) is 5.71. The molecule has 3 aromatic rings. The number of ether oxygens (including phenoxy) is 3. The summed E-state index contributed by atoms with van der Waals surface area (Å²) in [5, 5.41) is 13.5. The number of hydrogen-bond donors (Lipinski definition) is 0. The van der Waals surface area contributed by atoms with Crippen LogP contribution in [0.4, 0.5) is 5.69 Å². The van der Waals surface area contributed by atoms with Crippen LogP contribution in [-0.2, 0) is 0 Å². The average Bonchev–Trinajstić information content (AvgIpc) is 2.73. The van der Waals surface area contributed by atoms with E-state index in [0.717, 1.165) is 21.9 Å². The molecule has 5 rings (SSSR count). The molecule has 0 amide bonds. The van der Waals surface area contributed by atoms with Gasteiger partial charge in [-0.25, -0.2) is 0 Å². The van der Waals surface area contributed by atoms with Crippen LogP contribution in [0.1, 0.15) is 18.1 Å². The van der Waals surface area contributed by atoms with Crippen LogP contribution < -0.4 is 14.2 Å². The Hall–Kier alpha value is -3.80. The fourth-order valence-electron chi connectivity index (χ4n) is 3.84. The van der Waals surface area contributed by atoms with E-state index in [4.69, 9.17) is 14.2 Å². The molecule has 0 aliphatic carbocycles. The van der Waals surface area contributed by atoms with E-state index in [0.29, 0.717) is 22.8 Å². The predicted octanol–water partition coefficient (Wildman–Crippen LogP) is 5.35. The molecule has 3 aromatic carbocycles. The van der Waals surface area contributed by atoms with Crippen LogP contribution in [0.25, 0.3) is 22.9 Å². The van der Waals surface area contributed by atoms with Gasteiger partial charge < -0.3 is 14.2 Å². The molecule has 0 N–H and O–H groups in total. The van der Waals surface area contributed by atoms with Crippen molar-refractivity contribution in [2.24, 2.45) is 0 Å². The summed E-state index contributed by atoms with van der Waals surface area (Å²) in [6, 6.07) is 14.9. The maximum atomic E-state index is 11.2. The molecule has 6 heteroatoms. The number of rotatable bonds is 2. The Bertz CT molecular complexity index is 1240. The highest BCUT2D eigenvalue weighted by molar-refractivity contribution is 5.94. The lowest BCUT2D eigenvalue weighted by molar-refractivity contribution is -0.385. The minimum absolute atomic E-state index is 0.0545. The standard InChI is InChI=1S/C23H17NO5/c1-14-11-16-12-17(24(25)26)13-21(27-2)22(16)29-23(14)10-9-19-18-6-4-3-5-15(18)7-8-20(19)28-23/h3-13H,1-2H3/t23-/m1/s1. The highest BCUT2D eigenvalue weighted by atomic mass is 16.7. The van der Waals surface area contributed by atoms with Crippen LogP contribution in [0.3, 0.4) is 0 Å². The van der Waals surface area contributed by atoms with Crippen molar-refractivity contribution < 1.29 is 19.1 Å². The van der Waals surface area contributed by atoms with Gasteiger partial charge in [0.15, 0.2) is 11.5 Å². The minimum Gasteiger partial charge on any atom is -0.493 e. The van der Waals surface area contributed by atoms with Gasteiger partial charge in [-0.05, 0) is 35.9 Å². The first kappa shape index (κ1) is 17.3. The molecule has 2 heterocycles. The molecule has 0 saturated carbocycles. The monoisotopic (exact) mass is 387 g/mol. The first-order chi connectivity index (χ1) is 14.0. The number of methoxy groups -OCH3 is 1. The van der Waals surface area contributed by atoms with E-state index >= 15 is 0 Å². The molecule has 0 fully saturated rings. The topological polar surface area (TPSA) is 70.8 Å². The number of nitro benzene ring substituents is 1. The minimum atomic E-state index is -1.13. The van der Waals surface area contributed by atoms with Crippen molar-refractivity contribution in [3.05, 3.63) is 81.4 Å². The van der Waals surface area contributed by atoms with Crippen molar-refractivity contribution >= 4 is 28.6 Å². The Labute approximate surface area is 166 Å². The molecule has 6 nitrogen and oxygen atoms in total. The van der Waals surface area contributed by atoms with Crippen LogP contribution in [0.2, 0.25) is 0 Å². The zero-order valence-corrected chi connectivity index (χ0v) is 15.8. The second-order valence-corrected chi connectivity index (χ2v) is 7.05. The first-order valence-corrected chi connectivity index (χ1v) is 9.15. The highest BCUT2D eigenvalue weighted by Crippen LogP contribution is 2.47. The van der Waals surface area contributed by atoms with E-state index in [1.54, 1.807) is 0 Å². The number of non-ortho nitro benzene ring substituents is 1. The summed E-state index contributed by atoms with van der Waals surface area (Å²) in [7, 11) is 1.46. The molecule has 0 bridgehead atoms. The van der Waals surface area contributed by atoms with Crippen molar-refractivity contribution in [3.63, 3.8) is 0 Å². The van der Waals surface area contributed by atoms with E-state index in [1.165, 1.54) is 19.2 Å². The third-order valence-corrected chi connectivity index (χ3v) is 5.34. The molecule has 2 aliphatic rings. The Morgan fingerprint density at radius 1 is 1.10 bits per heavy atom. The van der Waals surface area contributed by atoms with Gasteiger partial charge in [0.1, 0.15) is 5.75 Å². The van der Waals surface area contributed by atoms with Gasteiger partial charge in [0.05, 0.1) is 18.1 Å². The van der Waals surface area contributed by atoms with Gasteiger partial charge in [-0.1, -0.05) is 30.3 Å². The molecular weight excluding hydrogens is 370 g/mol. The summed E-state index contributed by atoms with van der Waals surface area (Å²) in [6.45, 7) is 1.88. The van der Waals surface area contributed by atoms with Crippen LogP contribution in [0.5, 0.6) is 17.2 Å². The lowest BCUT2D eigenvalue weighted by Crippen LogP contribution is -2.44. The number of hydrogen-bond acceptors (Lipinski definition) is 5. The quantitative estimate of drug-likeness (QED) is 0.438. The largest absolute Gasteiger partial charge is 0.493 e. The maximum absolute atomic E-state index is 11.2. The first-order valence-electron chi connectivity index (χ1n) is 9.15. The van der Waals surface area contributed by atoms with Crippen molar-refractivity contribution in [2.45, 2.75) is 12.7 Å². The van der Waals surface area contributed by atoms with Crippen molar-refractivity contribution in [3.8, 4) is 17.2 Å². The number of fused-ring (bicyclic) bond motifs is 4. The van der Waals surface area contributed by atoms with Gasteiger partial charge in [0, 0.05) is 28.8 Å². The molecule has 1 spiro atoms. The molecule has 1 atom stereocenters. The predicted molar refractivity (Wildman–Crippen MR) is 110 cm³/mol. The zero-order chi connectivity index (χ0) is 20.2. The summed E-state index contributed by atoms with van der Waals surface area (Å²) in [5.74, 6) is 0.283. The maximum Gasteiger partial charge on any atom is 0.294 e. The van der Waals surface area contributed by atoms with Crippen molar-refractivity contribution in [1.82, 2.24) is 0 Å². The van der Waals surface area contributed by atoms with Gasteiger partial charge in [-0.2, -0.15) is 0 Å². The van der Waals surface area contributed by atoms with Crippen LogP contribution >= 0.6 is 0 Å². The van der Waals surface area contributed by atoms with Crippen molar-refractivity contribution in [2.75, 3.05) is 7.11 Å². The Balaban J connectivity index is 1.63. The Kier molecular flexibility index (Phi) is 3.64. The van der Waals surface area contributed by atoms with E-state index in [2.05, 4.69) is 12.1 Å². The van der Waals surface area contributed by atoms with Crippen LogP contribution in [0, 0.1) is 10.1 Å². The van der Waals surface area contributed by atoms with Crippen LogP contribution in [-0.4, -0.2) is 17.8 Å². The number of nitrogens with zero attached hydrogens (tertiary/aromatic N) is 1. The summed E-state index contributed by atoms with van der Waals surface area (Å²) in [5.41, 5.74) is 2.30. The van der Waals surface area contributed by atoms with Gasteiger partial charge in [0.25, 0.3) is 11.5 Å². The molecule has 0 saturated heterocycles. The van der Waals surface area contributed by atoms with E-state index < -0.39 is 10.7 Å². The molecule has 29 heavy (non-hydrogen) atoms. The van der Waals surface area contributed by atoms with Gasteiger partial charge in [-0.15, -0.1) is 0 Å². The SMILES string of the molecule is COc1cc([N+](=O)[O-])cc2c1O[C@]1(C=Cc3c(ccc4ccccc34)O1)C(C)=C2. The fraction of sp³-hybridized carbons (Fsp3) is 0.130. The lowest BCUT2D eigenvalue weighted by Gasteiger charge is -2.39. The smallest absolute Gasteiger partial charge is 0.294 e. The number of benzene rings is 3. The second kappa shape index (κ2) is 6.10. The molecule has 2 aliphatic heterocycles. The van der Waals surface area contributed by atoms with E-state index in [1.807, 2.05) is 49.4 Å². The third-order valence-electron chi connectivity index (χ3n) is 5.34. The second-order valence-electron chi connectivity index (χ2n) is 7.05. The fourth-order valence-corrected chi connectivity index (χ4v) is 3.84. The lowest BCUT2D eigenvalue weighted by atomic mass is 9.94. The van der Waals surface area contributed by atoms with Crippen molar-refractivity contribution in [1.29, 1.82) is 0 Å². The molecule has 0 aromatic heterocycles. The van der Waals surface area contributed by atoms with Gasteiger partial charge >= 0.3 is 0 Å². The number of nitro groups is 1. The Morgan fingerprint density at radius 3 is 2.72 bits per heavy atom. The summed E-state index contributed by atoms with van der Waals surface area (Å²) in [4.78, 5) is 10.8. The highest BCUT2D eigenvalue weighted by Gasteiger charge is 2.42. The molecule has 144 valence electrons. The molecule has 0 unspecified atom stereocenters. The van der Waals surface area contributed by atoms with Crippen LogP contribution in [0.15, 0.2) is 60.2 Å². The average molecular weight is 387 g/mol. The summed E-state index contributed by atoms with van der Waals surface area (Å²) >= 11 is 0.